The van der Waals surface area contributed by atoms with E-state index in [9.17, 15) is 5.11 Å². The molecule has 2 spiro atoms. The summed E-state index contributed by atoms with van der Waals surface area (Å²) in [5.41, 5.74) is 1.30. The number of aliphatic hydroxyl groups excluding tert-OH is 1. The van der Waals surface area contributed by atoms with Crippen LogP contribution in [0.1, 0.15) is 32.6 Å². The van der Waals surface area contributed by atoms with E-state index in [1.54, 1.807) is 0 Å². The molecule has 4 atom stereocenters. The smallest absolute Gasteiger partial charge is 0.178 e. The summed E-state index contributed by atoms with van der Waals surface area (Å²) < 4.78 is 12.2. The second kappa shape index (κ2) is 3.94. The van der Waals surface area contributed by atoms with Gasteiger partial charge in [0.05, 0.1) is 24.7 Å². The lowest BCUT2D eigenvalue weighted by molar-refractivity contribution is -0.278. The summed E-state index contributed by atoms with van der Waals surface area (Å²) in [5.74, 6) is 0.302. The summed E-state index contributed by atoms with van der Waals surface area (Å²) in [4.78, 5) is 0. The van der Waals surface area contributed by atoms with Gasteiger partial charge in [-0.1, -0.05) is 23.8 Å². The van der Waals surface area contributed by atoms with E-state index in [4.69, 9.17) is 9.47 Å². The van der Waals surface area contributed by atoms with Crippen LogP contribution in [0.2, 0.25) is 0 Å². The van der Waals surface area contributed by atoms with Gasteiger partial charge in [0.15, 0.2) is 5.79 Å². The van der Waals surface area contributed by atoms with Crippen molar-refractivity contribution in [2.75, 3.05) is 13.2 Å². The highest BCUT2D eigenvalue weighted by Crippen LogP contribution is 2.63. The number of aliphatic hydroxyl groups is 1. The summed E-state index contributed by atoms with van der Waals surface area (Å²) in [5, 5.41) is 10.5. The van der Waals surface area contributed by atoms with Gasteiger partial charge in [-0.25, -0.2) is 0 Å². The Morgan fingerprint density at radius 1 is 1.26 bits per heavy atom. The van der Waals surface area contributed by atoms with Gasteiger partial charge < -0.3 is 14.6 Å². The standard InChI is InChI=1S/C16H22O3/c1-11-9-15-5-3-2-4-14(17)13(15)8-12(11)10-16(15)18-6-7-19-16/h2-3,9,12-14,17H,4-8,10H2,1H3/t12-,13-,14+,15+/m1/s1. The molecule has 0 unspecified atom stereocenters. The van der Waals surface area contributed by atoms with E-state index >= 15 is 0 Å². The monoisotopic (exact) mass is 262 g/mol. The topological polar surface area (TPSA) is 38.7 Å². The van der Waals surface area contributed by atoms with Gasteiger partial charge in [0.1, 0.15) is 0 Å². The normalized spacial score (nSPS) is 47.1. The Labute approximate surface area is 114 Å². The number of ether oxygens (including phenoxy) is 2. The largest absolute Gasteiger partial charge is 0.392 e. The fourth-order valence-electron chi connectivity index (χ4n) is 4.87. The Balaban J connectivity index is 1.87. The SMILES string of the molecule is CC1=C[C@@]23CC=CC[C@H](O)[C@H]2C[C@@H]1CC31OCCO1. The first-order valence-electron chi connectivity index (χ1n) is 7.47. The van der Waals surface area contributed by atoms with E-state index in [-0.39, 0.29) is 17.4 Å². The van der Waals surface area contributed by atoms with Crippen LogP contribution < -0.4 is 0 Å². The van der Waals surface area contributed by atoms with Crippen molar-refractivity contribution in [3.05, 3.63) is 23.8 Å². The summed E-state index contributed by atoms with van der Waals surface area (Å²) >= 11 is 0. The van der Waals surface area contributed by atoms with Crippen molar-refractivity contribution < 1.29 is 14.6 Å². The molecule has 2 bridgehead atoms. The molecule has 1 N–H and O–H groups in total. The molecule has 5 aliphatic rings. The molecule has 3 nitrogen and oxygen atoms in total. The number of rotatable bonds is 0. The van der Waals surface area contributed by atoms with Crippen LogP contribution in [-0.4, -0.2) is 30.2 Å². The van der Waals surface area contributed by atoms with Crippen LogP contribution in [0, 0.1) is 17.3 Å². The van der Waals surface area contributed by atoms with Crippen molar-refractivity contribution in [3.8, 4) is 0 Å². The van der Waals surface area contributed by atoms with Gasteiger partial charge in [0.2, 0.25) is 0 Å². The van der Waals surface area contributed by atoms with Crippen LogP contribution in [0.25, 0.3) is 0 Å². The van der Waals surface area contributed by atoms with Gasteiger partial charge in [0.25, 0.3) is 0 Å². The molecule has 4 aliphatic carbocycles. The summed E-state index contributed by atoms with van der Waals surface area (Å²) in [6.07, 6.45) is 10.2. The van der Waals surface area contributed by atoms with Crippen molar-refractivity contribution in [2.24, 2.45) is 17.3 Å². The van der Waals surface area contributed by atoms with E-state index in [1.807, 2.05) is 0 Å². The molecule has 19 heavy (non-hydrogen) atoms. The van der Waals surface area contributed by atoms with E-state index in [1.165, 1.54) is 5.57 Å². The molecule has 0 aromatic carbocycles. The highest BCUT2D eigenvalue weighted by atomic mass is 16.7. The quantitative estimate of drug-likeness (QED) is 0.681. The first-order valence-corrected chi connectivity index (χ1v) is 7.47. The first kappa shape index (κ1) is 12.1. The highest BCUT2D eigenvalue weighted by molar-refractivity contribution is 5.30. The Bertz CT molecular complexity index is 447. The van der Waals surface area contributed by atoms with E-state index < -0.39 is 5.79 Å². The molecule has 5 rings (SSSR count). The Kier molecular flexibility index (Phi) is 2.51. The zero-order valence-corrected chi connectivity index (χ0v) is 11.5. The molecular weight excluding hydrogens is 240 g/mol. The number of hydrogen-bond acceptors (Lipinski definition) is 3. The molecule has 0 radical (unpaired) electrons. The van der Waals surface area contributed by atoms with Crippen molar-refractivity contribution in [1.82, 2.24) is 0 Å². The van der Waals surface area contributed by atoms with Crippen LogP contribution in [0.15, 0.2) is 23.8 Å². The van der Waals surface area contributed by atoms with E-state index in [2.05, 4.69) is 25.2 Å². The Morgan fingerprint density at radius 3 is 2.84 bits per heavy atom. The minimum Gasteiger partial charge on any atom is -0.392 e. The lowest BCUT2D eigenvalue weighted by atomic mass is 9.51. The summed E-state index contributed by atoms with van der Waals surface area (Å²) in [6, 6.07) is 0. The zero-order valence-electron chi connectivity index (χ0n) is 11.5. The van der Waals surface area contributed by atoms with Gasteiger partial charge in [0, 0.05) is 12.3 Å². The van der Waals surface area contributed by atoms with Gasteiger partial charge in [-0.05, 0) is 32.1 Å². The van der Waals surface area contributed by atoms with Crippen LogP contribution >= 0.6 is 0 Å². The zero-order chi connectivity index (χ0) is 13.1. The van der Waals surface area contributed by atoms with Crippen molar-refractivity contribution in [1.29, 1.82) is 0 Å². The second-order valence-corrected chi connectivity index (χ2v) is 6.60. The Morgan fingerprint density at radius 2 is 2.05 bits per heavy atom. The maximum absolute atomic E-state index is 10.5. The number of hydrogen-bond donors (Lipinski definition) is 1. The fourth-order valence-corrected chi connectivity index (χ4v) is 4.87. The third kappa shape index (κ3) is 1.44. The summed E-state index contributed by atoms with van der Waals surface area (Å²) in [6.45, 7) is 3.60. The average Bonchev–Trinajstić information content (AvgIpc) is 2.79. The molecule has 1 saturated carbocycles. The van der Waals surface area contributed by atoms with Crippen molar-refractivity contribution in [3.63, 3.8) is 0 Å². The Hall–Kier alpha value is -0.640. The number of allylic oxidation sites excluding steroid dienone is 2. The minimum absolute atomic E-state index is 0.158. The summed E-state index contributed by atoms with van der Waals surface area (Å²) in [7, 11) is 0. The molecule has 1 heterocycles. The van der Waals surface area contributed by atoms with Gasteiger partial charge in [-0.2, -0.15) is 0 Å². The predicted octanol–water partition coefficient (Wildman–Crippen LogP) is 2.41. The van der Waals surface area contributed by atoms with Crippen LogP contribution in [0.4, 0.5) is 0 Å². The first-order chi connectivity index (χ1) is 9.17. The second-order valence-electron chi connectivity index (χ2n) is 6.60. The van der Waals surface area contributed by atoms with Gasteiger partial charge in [-0.15, -0.1) is 0 Å². The van der Waals surface area contributed by atoms with Crippen LogP contribution in [-0.2, 0) is 9.47 Å². The molecule has 1 aliphatic heterocycles. The molecule has 104 valence electrons. The van der Waals surface area contributed by atoms with Crippen molar-refractivity contribution in [2.45, 2.75) is 44.5 Å². The van der Waals surface area contributed by atoms with Crippen LogP contribution in [0.5, 0.6) is 0 Å². The third-order valence-corrected chi connectivity index (χ3v) is 5.77. The minimum atomic E-state index is -0.476. The molecular formula is C16H22O3. The average molecular weight is 262 g/mol. The molecule has 3 heteroatoms. The highest BCUT2D eigenvalue weighted by Gasteiger charge is 2.65. The fraction of sp³-hybridized carbons (Fsp3) is 0.750. The van der Waals surface area contributed by atoms with Crippen LogP contribution in [0.3, 0.4) is 0 Å². The maximum Gasteiger partial charge on any atom is 0.178 e. The molecule has 1 saturated heterocycles. The third-order valence-electron chi connectivity index (χ3n) is 5.77. The van der Waals surface area contributed by atoms with Gasteiger partial charge >= 0.3 is 0 Å². The molecule has 0 amide bonds. The molecule has 0 aromatic rings. The van der Waals surface area contributed by atoms with E-state index in [0.29, 0.717) is 19.1 Å². The van der Waals surface area contributed by atoms with Crippen molar-refractivity contribution >= 4 is 0 Å². The lowest BCUT2D eigenvalue weighted by Gasteiger charge is -2.59. The van der Waals surface area contributed by atoms with Gasteiger partial charge in [-0.3, -0.25) is 0 Å². The lowest BCUT2D eigenvalue weighted by Crippen LogP contribution is -2.61. The molecule has 0 aromatic heterocycles. The maximum atomic E-state index is 10.5. The predicted molar refractivity (Wildman–Crippen MR) is 71.4 cm³/mol. The van der Waals surface area contributed by atoms with E-state index in [0.717, 1.165) is 25.7 Å². The molecule has 2 fully saturated rings.